The van der Waals surface area contributed by atoms with Gasteiger partial charge in [-0.15, -0.1) is 4.91 Å². The minimum Gasteiger partial charge on any atom is -0.486 e. The quantitative estimate of drug-likeness (QED) is 0.0626. The topological polar surface area (TPSA) is 162 Å². The molecule has 4 N–H and O–H groups in total. The number of aliphatic hydroxyl groups excluding tert-OH is 1. The second kappa shape index (κ2) is 16.7. The van der Waals surface area contributed by atoms with Crippen molar-refractivity contribution >= 4 is 51.2 Å². The Morgan fingerprint density at radius 2 is 1.98 bits per heavy atom. The lowest BCUT2D eigenvalue weighted by Gasteiger charge is -2.15. The van der Waals surface area contributed by atoms with Gasteiger partial charge in [-0.1, -0.05) is 36.6 Å². The molecule has 4 rings (SSSR count). The highest BCUT2D eigenvalue weighted by molar-refractivity contribution is 6.32. The van der Waals surface area contributed by atoms with E-state index in [1.807, 2.05) is 18.2 Å². The first kappa shape index (κ1) is 32.0. The number of rotatable bonds is 16. The first-order valence-corrected chi connectivity index (χ1v) is 14.5. The van der Waals surface area contributed by atoms with Gasteiger partial charge in [-0.25, -0.2) is 0 Å². The molecule has 2 heterocycles. The SMILES string of the molecule is N#Cc1cnc2cc(N=O)c(NC(=O)/C=C/CNCCCCCCO)cc2c1Nc1ccc(OCc2ccccn2)c(Cl)c1. The van der Waals surface area contributed by atoms with Crippen LogP contribution in [0.15, 0.2) is 78.3 Å². The number of pyridine rings is 2. The van der Waals surface area contributed by atoms with E-state index in [0.717, 1.165) is 37.9 Å². The van der Waals surface area contributed by atoms with Crippen LogP contribution in [0.25, 0.3) is 10.9 Å². The molecule has 2 aromatic heterocycles. The van der Waals surface area contributed by atoms with E-state index < -0.39 is 5.91 Å². The molecule has 0 unspecified atom stereocenters. The molecule has 2 aromatic carbocycles. The van der Waals surface area contributed by atoms with E-state index in [1.165, 1.54) is 18.3 Å². The van der Waals surface area contributed by atoms with Gasteiger partial charge in [0.1, 0.15) is 24.1 Å². The Balaban J connectivity index is 1.48. The summed E-state index contributed by atoms with van der Waals surface area (Å²) >= 11 is 6.49. The van der Waals surface area contributed by atoms with E-state index in [9.17, 15) is 15.0 Å². The molecule has 0 spiro atoms. The first-order chi connectivity index (χ1) is 21.5. The summed E-state index contributed by atoms with van der Waals surface area (Å²) < 4.78 is 5.80. The molecule has 44 heavy (non-hydrogen) atoms. The van der Waals surface area contributed by atoms with Crippen LogP contribution in [-0.2, 0) is 11.4 Å². The van der Waals surface area contributed by atoms with Crippen LogP contribution in [0.4, 0.5) is 22.7 Å². The minimum absolute atomic E-state index is 0.000800. The summed E-state index contributed by atoms with van der Waals surface area (Å²) in [7, 11) is 0. The molecule has 0 saturated carbocycles. The van der Waals surface area contributed by atoms with E-state index in [4.69, 9.17) is 21.4 Å². The number of aliphatic hydroxyl groups is 1. The maximum Gasteiger partial charge on any atom is 0.248 e. The van der Waals surface area contributed by atoms with Crippen molar-refractivity contribution in [2.75, 3.05) is 30.3 Å². The van der Waals surface area contributed by atoms with Crippen molar-refractivity contribution < 1.29 is 14.6 Å². The number of nitrogens with zero attached hydrogens (tertiary/aromatic N) is 4. The number of nitriles is 1. The summed E-state index contributed by atoms with van der Waals surface area (Å²) in [6.45, 7) is 1.77. The molecule has 0 bridgehead atoms. The third-order valence-electron chi connectivity index (χ3n) is 6.56. The predicted molar refractivity (Wildman–Crippen MR) is 171 cm³/mol. The number of nitroso groups, excluding NO2 is 1. The predicted octanol–water partition coefficient (Wildman–Crippen LogP) is 6.51. The second-order valence-corrected chi connectivity index (χ2v) is 10.2. The number of hydrogen-bond donors (Lipinski definition) is 4. The third-order valence-corrected chi connectivity index (χ3v) is 6.85. The lowest BCUT2D eigenvalue weighted by atomic mass is 10.1. The number of carbonyl (C=O) groups excluding carboxylic acids is 1. The Morgan fingerprint density at radius 1 is 1.11 bits per heavy atom. The zero-order valence-electron chi connectivity index (χ0n) is 23.9. The number of fused-ring (bicyclic) bond motifs is 1. The van der Waals surface area contributed by atoms with Crippen LogP contribution in [0.1, 0.15) is 36.9 Å². The highest BCUT2D eigenvalue weighted by atomic mass is 35.5. The van der Waals surface area contributed by atoms with Gasteiger partial charge in [0, 0.05) is 42.7 Å². The van der Waals surface area contributed by atoms with Crippen LogP contribution in [0.5, 0.6) is 5.75 Å². The zero-order valence-corrected chi connectivity index (χ0v) is 24.7. The van der Waals surface area contributed by atoms with E-state index >= 15 is 0 Å². The van der Waals surface area contributed by atoms with Crippen LogP contribution in [0.2, 0.25) is 5.02 Å². The number of unbranched alkanes of at least 4 members (excludes halogenated alkanes) is 3. The van der Waals surface area contributed by atoms with E-state index in [2.05, 4.69) is 37.2 Å². The highest BCUT2D eigenvalue weighted by Crippen LogP contribution is 2.37. The van der Waals surface area contributed by atoms with Crippen molar-refractivity contribution in [2.24, 2.45) is 5.18 Å². The standard InChI is InChI=1S/C32H32ClN7O4/c33-26-16-23(10-11-30(26)44-21-24-8-3-5-14-36-24)38-32-22(19-34)20-37-27-18-29(40-43)28(17-25(27)32)39-31(42)9-7-13-35-12-4-1-2-6-15-41/h3,5,7-11,14,16-18,20,35,41H,1-2,4,6,12-13,15,21H2,(H,37,38)(H,39,42)/b9-7+. The Labute approximate surface area is 259 Å². The maximum atomic E-state index is 12.6. The number of hydrogen-bond acceptors (Lipinski definition) is 10. The fourth-order valence-corrected chi connectivity index (χ4v) is 4.57. The van der Waals surface area contributed by atoms with Gasteiger partial charge in [0.15, 0.2) is 0 Å². The third kappa shape index (κ3) is 9.05. The van der Waals surface area contributed by atoms with Gasteiger partial charge in [-0.05, 0) is 67.0 Å². The number of benzene rings is 2. The lowest BCUT2D eigenvalue weighted by molar-refractivity contribution is -0.111. The molecule has 0 fully saturated rings. The van der Waals surface area contributed by atoms with E-state index in [-0.39, 0.29) is 30.2 Å². The van der Waals surface area contributed by atoms with Crippen molar-refractivity contribution in [3.8, 4) is 11.8 Å². The summed E-state index contributed by atoms with van der Waals surface area (Å²) in [4.78, 5) is 32.8. The molecule has 0 atom stereocenters. The Hall–Kier alpha value is -4.89. The van der Waals surface area contributed by atoms with Gasteiger partial charge in [0.05, 0.1) is 33.2 Å². The number of amides is 1. The van der Waals surface area contributed by atoms with Crippen LogP contribution in [0.3, 0.4) is 0 Å². The van der Waals surface area contributed by atoms with Crippen LogP contribution in [0, 0.1) is 16.2 Å². The fraction of sp³-hybridized carbons (Fsp3) is 0.250. The molecule has 4 aromatic rings. The molecular formula is C32H32ClN7O4. The summed E-state index contributed by atoms with van der Waals surface area (Å²) in [6, 6.07) is 15.8. The number of aromatic nitrogens is 2. The number of ether oxygens (including phenoxy) is 1. The number of halogens is 1. The van der Waals surface area contributed by atoms with Crippen molar-refractivity contribution in [1.29, 1.82) is 5.26 Å². The summed E-state index contributed by atoms with van der Waals surface area (Å²) in [6.07, 6.45) is 9.95. The first-order valence-electron chi connectivity index (χ1n) is 14.1. The smallest absolute Gasteiger partial charge is 0.248 e. The molecular weight excluding hydrogens is 582 g/mol. The Bertz CT molecular complexity index is 1660. The van der Waals surface area contributed by atoms with Crippen molar-refractivity contribution in [3.05, 3.63) is 94.3 Å². The fourth-order valence-electron chi connectivity index (χ4n) is 4.34. The van der Waals surface area contributed by atoms with Crippen LogP contribution in [-0.4, -0.2) is 40.7 Å². The summed E-state index contributed by atoms with van der Waals surface area (Å²) in [5, 5.41) is 31.7. The Kier molecular flexibility index (Phi) is 12.1. The van der Waals surface area contributed by atoms with Crippen LogP contribution < -0.4 is 20.7 Å². The molecule has 0 aliphatic carbocycles. The van der Waals surface area contributed by atoms with Gasteiger partial charge in [-0.2, -0.15) is 5.26 Å². The van der Waals surface area contributed by atoms with Gasteiger partial charge < -0.3 is 25.8 Å². The molecule has 11 nitrogen and oxygen atoms in total. The normalized spacial score (nSPS) is 10.9. The van der Waals surface area contributed by atoms with Gasteiger partial charge >= 0.3 is 0 Å². The summed E-state index contributed by atoms with van der Waals surface area (Å²) in [5.74, 6) is 0.0296. The molecule has 0 radical (unpaired) electrons. The summed E-state index contributed by atoms with van der Waals surface area (Å²) in [5.41, 5.74) is 2.58. The van der Waals surface area contributed by atoms with Crippen molar-refractivity contribution in [2.45, 2.75) is 32.3 Å². The maximum absolute atomic E-state index is 12.6. The van der Waals surface area contributed by atoms with Crippen molar-refractivity contribution in [3.63, 3.8) is 0 Å². The molecule has 0 aliphatic heterocycles. The number of anilines is 3. The molecule has 1 amide bonds. The monoisotopic (exact) mass is 613 g/mol. The zero-order chi connectivity index (χ0) is 31.1. The molecule has 12 heteroatoms. The Morgan fingerprint density at radius 3 is 2.73 bits per heavy atom. The van der Waals surface area contributed by atoms with Crippen LogP contribution >= 0.6 is 11.6 Å². The van der Waals surface area contributed by atoms with Crippen molar-refractivity contribution in [1.82, 2.24) is 15.3 Å². The highest BCUT2D eigenvalue weighted by Gasteiger charge is 2.15. The molecule has 0 saturated heterocycles. The number of carbonyl (C=O) groups is 1. The van der Waals surface area contributed by atoms with E-state index in [1.54, 1.807) is 36.5 Å². The van der Waals surface area contributed by atoms with Gasteiger partial charge in [0.2, 0.25) is 5.91 Å². The van der Waals surface area contributed by atoms with Gasteiger partial charge in [0.25, 0.3) is 0 Å². The van der Waals surface area contributed by atoms with Gasteiger partial charge in [-0.3, -0.25) is 14.8 Å². The average molecular weight is 614 g/mol. The minimum atomic E-state index is -0.439. The van der Waals surface area contributed by atoms with E-state index in [0.29, 0.717) is 39.6 Å². The number of nitrogens with one attached hydrogen (secondary N) is 3. The average Bonchev–Trinajstić information content (AvgIpc) is 3.04. The molecule has 226 valence electrons. The second-order valence-electron chi connectivity index (χ2n) is 9.75. The molecule has 0 aliphatic rings. The lowest BCUT2D eigenvalue weighted by Crippen LogP contribution is -2.16. The largest absolute Gasteiger partial charge is 0.486 e.